The Labute approximate surface area is 211 Å². The summed E-state index contributed by atoms with van der Waals surface area (Å²) in [6, 6.07) is 5.86. The Morgan fingerprint density at radius 2 is 1.63 bits per heavy atom. The molecule has 2 rings (SSSR count). The normalized spacial score (nSPS) is 12.2. The lowest BCUT2D eigenvalue weighted by atomic mass is 10.0. The van der Waals surface area contributed by atoms with Crippen molar-refractivity contribution in [2.24, 2.45) is 11.7 Å². The van der Waals surface area contributed by atoms with E-state index in [9.17, 15) is 32.3 Å². The van der Waals surface area contributed by atoms with Gasteiger partial charge in [0, 0.05) is 17.9 Å². The van der Waals surface area contributed by atoms with Crippen LogP contribution in [0, 0.1) is 11.3 Å². The molecule has 7 N–H and O–H groups in total. The number of carbonyl (C=O) groups is 5. The van der Waals surface area contributed by atoms with E-state index < -0.39 is 54.3 Å². The van der Waals surface area contributed by atoms with Gasteiger partial charge in [0.1, 0.15) is 29.7 Å². The first-order chi connectivity index (χ1) is 17.5. The number of nitrogens with two attached hydrogens (primary N) is 1. The van der Waals surface area contributed by atoms with Gasteiger partial charge in [0.2, 0.25) is 5.91 Å². The first kappa shape index (κ1) is 31.1. The third-order valence-electron chi connectivity index (χ3n) is 4.46. The van der Waals surface area contributed by atoms with Gasteiger partial charge < -0.3 is 35.5 Å². The van der Waals surface area contributed by atoms with Crippen molar-refractivity contribution >= 4 is 35.6 Å². The minimum Gasteiger partial charge on any atom is -0.481 e. The molecule has 0 saturated carbocycles. The molecule has 0 radical (unpaired) electrons. The summed E-state index contributed by atoms with van der Waals surface area (Å²) in [4.78, 5) is 55.1. The number of carboxylic acids is 3. The van der Waals surface area contributed by atoms with E-state index in [0.29, 0.717) is 5.56 Å². The highest BCUT2D eigenvalue weighted by Crippen LogP contribution is 2.18. The van der Waals surface area contributed by atoms with Gasteiger partial charge in [-0.1, -0.05) is 6.92 Å². The van der Waals surface area contributed by atoms with Crippen molar-refractivity contribution in [1.29, 1.82) is 5.41 Å². The zero-order chi connectivity index (χ0) is 29.2. The number of halogens is 3. The first-order valence-electron chi connectivity index (χ1n) is 10.3. The monoisotopic (exact) mass is 545 g/mol. The second-order valence-electron chi connectivity index (χ2n) is 7.53. The van der Waals surface area contributed by atoms with Gasteiger partial charge in [0.05, 0.1) is 12.0 Å². The highest BCUT2D eigenvalue weighted by atomic mass is 19.4. The van der Waals surface area contributed by atoms with Crippen molar-refractivity contribution in [1.82, 2.24) is 5.32 Å². The second-order valence-corrected chi connectivity index (χ2v) is 7.53. The summed E-state index contributed by atoms with van der Waals surface area (Å²) in [5.41, 5.74) is 5.94. The number of rotatable bonds is 10. The van der Waals surface area contributed by atoms with E-state index in [4.69, 9.17) is 40.4 Å². The highest BCUT2D eigenvalue weighted by Gasteiger charge is 2.38. The van der Waals surface area contributed by atoms with Gasteiger partial charge in [-0.3, -0.25) is 15.0 Å². The fourth-order valence-corrected chi connectivity index (χ4v) is 2.55. The highest BCUT2D eigenvalue weighted by molar-refractivity contribution is 5.95. The van der Waals surface area contributed by atoms with Crippen molar-refractivity contribution in [2.75, 3.05) is 0 Å². The number of nitrogens with one attached hydrogen (secondary N) is 2. The summed E-state index contributed by atoms with van der Waals surface area (Å²) in [6.45, 7) is 1.51. The smallest absolute Gasteiger partial charge is 0.481 e. The van der Waals surface area contributed by atoms with E-state index in [1.807, 2.05) is 0 Å². The van der Waals surface area contributed by atoms with Crippen LogP contribution in [-0.4, -0.2) is 63.2 Å². The van der Waals surface area contributed by atoms with Crippen LogP contribution in [0.3, 0.4) is 0 Å². The maximum absolute atomic E-state index is 12.2. The minimum absolute atomic E-state index is 0.0475. The zero-order valence-corrected chi connectivity index (χ0v) is 19.4. The van der Waals surface area contributed by atoms with Crippen LogP contribution < -0.4 is 15.8 Å². The quantitative estimate of drug-likeness (QED) is 0.109. The fraction of sp³-hybridized carbons (Fsp3) is 0.273. The lowest BCUT2D eigenvalue weighted by Gasteiger charge is -2.15. The molecule has 0 fully saturated rings. The number of carbonyl (C=O) groups excluding carboxylic acids is 2. The summed E-state index contributed by atoms with van der Waals surface area (Å²) in [7, 11) is 0. The number of aliphatic carboxylic acids is 3. The van der Waals surface area contributed by atoms with Crippen molar-refractivity contribution in [3.05, 3.63) is 53.5 Å². The Kier molecular flexibility index (Phi) is 11.0. The van der Waals surface area contributed by atoms with E-state index in [1.54, 1.807) is 0 Å². The lowest BCUT2D eigenvalue weighted by molar-refractivity contribution is -0.192. The maximum atomic E-state index is 12.2. The maximum Gasteiger partial charge on any atom is 0.490 e. The van der Waals surface area contributed by atoms with Crippen LogP contribution in [0.5, 0.6) is 5.75 Å². The number of ether oxygens (including phenoxy) is 1. The van der Waals surface area contributed by atoms with Crippen LogP contribution >= 0.6 is 0 Å². The molecule has 0 aliphatic rings. The van der Waals surface area contributed by atoms with Gasteiger partial charge in [-0.05, 0) is 30.3 Å². The summed E-state index contributed by atoms with van der Waals surface area (Å²) >= 11 is 0. The molecule has 1 aromatic carbocycles. The molecule has 0 aliphatic heterocycles. The molecular weight excluding hydrogens is 523 g/mol. The number of hydrogen-bond donors (Lipinski definition) is 6. The summed E-state index contributed by atoms with van der Waals surface area (Å²) in [5, 5.41) is 34.4. The Hall–Kier alpha value is -4.89. The molecule has 0 bridgehead atoms. The number of nitrogen functional groups attached to an aromatic ring is 1. The summed E-state index contributed by atoms with van der Waals surface area (Å²) < 4.78 is 42.2. The first-order valence-corrected chi connectivity index (χ1v) is 10.3. The molecule has 16 heteroatoms. The molecule has 206 valence electrons. The van der Waals surface area contributed by atoms with Crippen molar-refractivity contribution in [2.45, 2.75) is 32.0 Å². The third-order valence-corrected chi connectivity index (χ3v) is 4.46. The summed E-state index contributed by atoms with van der Waals surface area (Å²) in [5.74, 6) is -7.27. The van der Waals surface area contributed by atoms with Gasteiger partial charge in [-0.25, -0.2) is 14.4 Å². The second kappa shape index (κ2) is 13.4. The Bertz CT molecular complexity index is 1190. The minimum atomic E-state index is -5.08. The zero-order valence-electron chi connectivity index (χ0n) is 19.4. The summed E-state index contributed by atoms with van der Waals surface area (Å²) in [6.07, 6.45) is -4.62. The number of furan rings is 1. The van der Waals surface area contributed by atoms with E-state index >= 15 is 0 Å². The van der Waals surface area contributed by atoms with E-state index in [2.05, 4.69) is 5.32 Å². The molecule has 1 heterocycles. The van der Waals surface area contributed by atoms with E-state index in [1.165, 1.54) is 37.3 Å². The molecule has 0 spiro atoms. The lowest BCUT2D eigenvalue weighted by Crippen LogP contribution is -2.44. The number of esters is 1. The Balaban J connectivity index is 0.000000905. The molecule has 0 aliphatic carbocycles. The number of hydrogen-bond acceptors (Lipinski definition) is 8. The number of carboxylic acid groups (broad SMARTS) is 3. The van der Waals surface area contributed by atoms with Crippen LogP contribution in [0.15, 0.2) is 41.0 Å². The topological polar surface area (TPSA) is 230 Å². The van der Waals surface area contributed by atoms with Crippen LogP contribution in [0.2, 0.25) is 0 Å². The molecule has 0 saturated heterocycles. The molecule has 2 aromatic rings. The number of benzene rings is 1. The van der Waals surface area contributed by atoms with Gasteiger partial charge >= 0.3 is 30.1 Å². The molecule has 1 unspecified atom stereocenters. The van der Waals surface area contributed by atoms with Crippen LogP contribution in [-0.2, 0) is 25.6 Å². The van der Waals surface area contributed by atoms with Crippen molar-refractivity contribution in [3.63, 3.8) is 0 Å². The standard InChI is InChI=1S/C20H21N3O8.C2HF3O2/c1-10(18(26)23-15(19(27)28)8-16(24)25)6-14-7-12(9-30-14)20(29)31-13-4-2-11(3-5-13)17(21)22;3-2(4,5)1(6)7/h2-5,7,9-10,15H,6,8H2,1H3,(H3,21,22)(H,23,26)(H,24,25)(H,27,28);(H,6,7)/t10?,15-;/m0./s1. The number of amidine groups is 1. The average molecular weight is 545 g/mol. The van der Waals surface area contributed by atoms with Gasteiger partial charge in [-0.2, -0.15) is 13.2 Å². The molecule has 1 aromatic heterocycles. The largest absolute Gasteiger partial charge is 0.490 e. The van der Waals surface area contributed by atoms with E-state index in [0.717, 1.165) is 6.26 Å². The Morgan fingerprint density at radius 3 is 2.08 bits per heavy atom. The van der Waals surface area contributed by atoms with Crippen molar-refractivity contribution < 1.29 is 61.6 Å². The van der Waals surface area contributed by atoms with Crippen LogP contribution in [0.4, 0.5) is 13.2 Å². The Morgan fingerprint density at radius 1 is 1.08 bits per heavy atom. The van der Waals surface area contributed by atoms with Crippen LogP contribution in [0.25, 0.3) is 0 Å². The predicted molar refractivity (Wildman–Crippen MR) is 120 cm³/mol. The SMILES string of the molecule is CC(Cc1cc(C(=O)Oc2ccc(C(=N)N)cc2)co1)C(=O)N[C@@H](CC(=O)O)C(=O)O.O=C(O)C(F)(F)F. The predicted octanol–water partition coefficient (Wildman–Crippen LogP) is 1.64. The molecule has 1 amide bonds. The van der Waals surface area contributed by atoms with Crippen LogP contribution in [0.1, 0.15) is 35.0 Å². The molecule has 13 nitrogen and oxygen atoms in total. The third kappa shape index (κ3) is 10.4. The number of alkyl halides is 3. The van der Waals surface area contributed by atoms with Gasteiger partial charge in [0.25, 0.3) is 0 Å². The van der Waals surface area contributed by atoms with Gasteiger partial charge in [0.15, 0.2) is 0 Å². The molecule has 2 atom stereocenters. The van der Waals surface area contributed by atoms with Gasteiger partial charge in [-0.15, -0.1) is 0 Å². The number of amides is 1. The molecular formula is C22H22F3N3O10. The fourth-order valence-electron chi connectivity index (χ4n) is 2.55. The van der Waals surface area contributed by atoms with E-state index in [-0.39, 0.29) is 29.3 Å². The molecule has 38 heavy (non-hydrogen) atoms. The average Bonchev–Trinajstić information content (AvgIpc) is 3.27. The van der Waals surface area contributed by atoms with Crippen molar-refractivity contribution in [3.8, 4) is 5.75 Å².